The molecule has 3 rings (SSSR count). The van der Waals surface area contributed by atoms with Gasteiger partial charge < -0.3 is 24.3 Å². The van der Waals surface area contributed by atoms with E-state index in [2.05, 4.69) is 24.1 Å². The van der Waals surface area contributed by atoms with E-state index in [1.807, 2.05) is 58.6 Å². The number of nitrogens with one attached hydrogen (secondary N) is 1. The molecule has 37 heavy (non-hydrogen) atoms. The van der Waals surface area contributed by atoms with Crippen LogP contribution in [0.4, 0.5) is 10.6 Å². The number of anilines is 1. The summed E-state index contributed by atoms with van der Waals surface area (Å²) in [5.74, 6) is 1.97. The lowest BCUT2D eigenvalue weighted by atomic mass is 9.95. The van der Waals surface area contributed by atoms with Gasteiger partial charge in [0.15, 0.2) is 0 Å². The number of amides is 2. The first-order chi connectivity index (χ1) is 17.2. The Bertz CT molecular complexity index is 1050. The van der Waals surface area contributed by atoms with Gasteiger partial charge in [0.25, 0.3) is 5.91 Å². The highest BCUT2D eigenvalue weighted by Gasteiger charge is 2.34. The molecule has 1 aliphatic rings. The van der Waals surface area contributed by atoms with Gasteiger partial charge in [-0.1, -0.05) is 34.6 Å². The zero-order valence-corrected chi connectivity index (χ0v) is 23.6. The third-order valence-corrected chi connectivity index (χ3v) is 6.01. The topological polar surface area (TPSA) is 101 Å². The van der Waals surface area contributed by atoms with Crippen molar-refractivity contribution < 1.29 is 18.7 Å². The lowest BCUT2D eigenvalue weighted by Gasteiger charge is -2.40. The molecule has 0 spiro atoms. The Labute approximate surface area is 221 Å². The molecule has 2 aromatic heterocycles. The normalized spacial score (nSPS) is 16.6. The smallest absolute Gasteiger partial charge is 0.410 e. The Balaban J connectivity index is 1.90. The fraction of sp³-hybridized carbons (Fsp3) is 0.643. The maximum absolute atomic E-state index is 14.1. The van der Waals surface area contributed by atoms with E-state index in [1.54, 1.807) is 17.4 Å². The molecule has 1 saturated heterocycles. The third-order valence-electron chi connectivity index (χ3n) is 6.01. The summed E-state index contributed by atoms with van der Waals surface area (Å²) >= 11 is 0. The highest BCUT2D eigenvalue weighted by molar-refractivity contribution is 5.98. The fourth-order valence-corrected chi connectivity index (χ4v) is 4.27. The number of ether oxygens (including phenoxy) is 1. The molecule has 0 bridgehead atoms. The molecule has 9 nitrogen and oxygen atoms in total. The lowest BCUT2D eigenvalue weighted by Crippen LogP contribution is -2.53. The Morgan fingerprint density at radius 3 is 2.57 bits per heavy atom. The van der Waals surface area contributed by atoms with E-state index in [0.29, 0.717) is 43.4 Å². The summed E-state index contributed by atoms with van der Waals surface area (Å²) in [4.78, 5) is 39.8. The minimum atomic E-state index is -0.571. The number of furan rings is 1. The Morgan fingerprint density at radius 2 is 1.97 bits per heavy atom. The maximum Gasteiger partial charge on any atom is 0.410 e. The van der Waals surface area contributed by atoms with Crippen LogP contribution in [0.2, 0.25) is 0 Å². The highest BCUT2D eigenvalue weighted by Crippen LogP contribution is 2.26. The van der Waals surface area contributed by atoms with Gasteiger partial charge >= 0.3 is 6.09 Å². The standard InChI is InChI=1S/C28H43N5O4/c1-19(2)17-33(20-11-9-13-32(18-20)26(35)37-28(6,7)8)24(34)22-16-30-25(27(3,4)5)31-23(22)29-15-21-12-10-14-36-21/h10,12,14,16,19-20H,9,11,13,15,17-18H2,1-8H3,(H,29,30,31)/t20-/m0/s1. The molecule has 3 heterocycles. The van der Waals surface area contributed by atoms with Crippen LogP contribution >= 0.6 is 0 Å². The minimum absolute atomic E-state index is 0.128. The largest absolute Gasteiger partial charge is 0.467 e. The SMILES string of the molecule is CC(C)CN(C(=O)c1cnc(C(C)(C)C)nc1NCc1ccco1)[C@H]1CCCN(C(=O)OC(C)(C)C)C1. The van der Waals surface area contributed by atoms with E-state index < -0.39 is 5.60 Å². The second-order valence-electron chi connectivity index (χ2n) is 12.2. The summed E-state index contributed by atoms with van der Waals surface area (Å²) in [5.41, 5.74) is -0.440. The number of hydrogen-bond donors (Lipinski definition) is 1. The Morgan fingerprint density at radius 1 is 1.24 bits per heavy atom. The molecule has 1 fully saturated rings. The number of hydrogen-bond acceptors (Lipinski definition) is 7. The molecule has 9 heteroatoms. The minimum Gasteiger partial charge on any atom is -0.467 e. The van der Waals surface area contributed by atoms with Crippen LogP contribution in [0.15, 0.2) is 29.0 Å². The van der Waals surface area contributed by atoms with Crippen LogP contribution in [0.3, 0.4) is 0 Å². The van der Waals surface area contributed by atoms with Gasteiger partial charge in [-0.3, -0.25) is 4.79 Å². The zero-order valence-electron chi connectivity index (χ0n) is 23.6. The van der Waals surface area contributed by atoms with Crippen LogP contribution < -0.4 is 5.32 Å². The number of piperidine rings is 1. The molecule has 204 valence electrons. The van der Waals surface area contributed by atoms with Crippen molar-refractivity contribution in [3.05, 3.63) is 41.7 Å². The van der Waals surface area contributed by atoms with E-state index in [-0.39, 0.29) is 29.4 Å². The molecule has 2 aromatic rings. The van der Waals surface area contributed by atoms with Crippen LogP contribution in [0.1, 0.15) is 90.2 Å². The molecule has 0 unspecified atom stereocenters. The van der Waals surface area contributed by atoms with E-state index in [9.17, 15) is 9.59 Å². The van der Waals surface area contributed by atoms with Crippen molar-refractivity contribution in [1.82, 2.24) is 19.8 Å². The summed E-state index contributed by atoms with van der Waals surface area (Å²) < 4.78 is 11.1. The number of rotatable bonds is 7. The summed E-state index contributed by atoms with van der Waals surface area (Å²) in [7, 11) is 0. The molecular formula is C28H43N5O4. The predicted molar refractivity (Wildman–Crippen MR) is 143 cm³/mol. The zero-order chi connectivity index (χ0) is 27.4. The second-order valence-corrected chi connectivity index (χ2v) is 12.2. The third kappa shape index (κ3) is 7.94. The van der Waals surface area contributed by atoms with Crippen LogP contribution in [0, 0.1) is 5.92 Å². The summed E-state index contributed by atoms with van der Waals surface area (Å²) in [6.07, 6.45) is 4.52. The predicted octanol–water partition coefficient (Wildman–Crippen LogP) is 5.48. The summed E-state index contributed by atoms with van der Waals surface area (Å²) in [5, 5.41) is 3.30. The van der Waals surface area contributed by atoms with Crippen LogP contribution in [-0.2, 0) is 16.7 Å². The lowest BCUT2D eigenvalue weighted by molar-refractivity contribution is 0.00946. The van der Waals surface area contributed by atoms with Gasteiger partial charge in [-0.25, -0.2) is 14.8 Å². The van der Waals surface area contributed by atoms with Gasteiger partial charge in [0.05, 0.1) is 12.8 Å². The molecule has 1 atom stereocenters. The number of carbonyl (C=O) groups excluding carboxylic acids is 2. The van der Waals surface area contributed by atoms with Gasteiger partial charge in [-0.2, -0.15) is 0 Å². The van der Waals surface area contributed by atoms with E-state index >= 15 is 0 Å². The van der Waals surface area contributed by atoms with Gasteiger partial charge in [0.1, 0.15) is 28.6 Å². The van der Waals surface area contributed by atoms with Crippen LogP contribution in [0.5, 0.6) is 0 Å². The molecule has 0 radical (unpaired) electrons. The average Bonchev–Trinajstić information content (AvgIpc) is 3.32. The van der Waals surface area contributed by atoms with Gasteiger partial charge in [-0.05, 0) is 51.7 Å². The molecule has 0 aliphatic carbocycles. The highest BCUT2D eigenvalue weighted by atomic mass is 16.6. The van der Waals surface area contributed by atoms with E-state index in [4.69, 9.17) is 14.1 Å². The molecule has 2 amide bonds. The maximum atomic E-state index is 14.1. The van der Waals surface area contributed by atoms with Crippen molar-refractivity contribution in [3.8, 4) is 0 Å². The van der Waals surface area contributed by atoms with Gasteiger partial charge in [0, 0.05) is 37.3 Å². The number of nitrogens with zero attached hydrogens (tertiary/aromatic N) is 4. The summed E-state index contributed by atoms with van der Waals surface area (Å²) in [6, 6.07) is 3.57. The number of aromatic nitrogens is 2. The monoisotopic (exact) mass is 513 g/mol. The fourth-order valence-electron chi connectivity index (χ4n) is 4.27. The first-order valence-corrected chi connectivity index (χ1v) is 13.2. The van der Waals surface area contributed by atoms with Crippen molar-refractivity contribution >= 4 is 17.8 Å². The van der Waals surface area contributed by atoms with Crippen molar-refractivity contribution in [2.24, 2.45) is 5.92 Å². The molecule has 1 N–H and O–H groups in total. The van der Waals surface area contributed by atoms with E-state index in [1.165, 1.54) is 0 Å². The first kappa shape index (κ1) is 28.5. The van der Waals surface area contributed by atoms with Crippen molar-refractivity contribution in [2.45, 2.75) is 91.8 Å². The quantitative estimate of drug-likeness (QED) is 0.523. The Hall–Kier alpha value is -3.10. The van der Waals surface area contributed by atoms with E-state index in [0.717, 1.165) is 18.6 Å². The first-order valence-electron chi connectivity index (χ1n) is 13.2. The molecular weight excluding hydrogens is 470 g/mol. The van der Waals surface area contributed by atoms with Crippen LogP contribution in [0.25, 0.3) is 0 Å². The van der Waals surface area contributed by atoms with Gasteiger partial charge in [-0.15, -0.1) is 0 Å². The molecule has 0 saturated carbocycles. The number of carbonyl (C=O) groups is 2. The van der Waals surface area contributed by atoms with Crippen molar-refractivity contribution in [3.63, 3.8) is 0 Å². The summed E-state index contributed by atoms with van der Waals surface area (Å²) in [6.45, 7) is 17.9. The average molecular weight is 514 g/mol. The Kier molecular flexibility index (Phi) is 8.87. The molecule has 1 aliphatic heterocycles. The van der Waals surface area contributed by atoms with Crippen LogP contribution in [-0.4, -0.2) is 63.0 Å². The van der Waals surface area contributed by atoms with Crippen molar-refractivity contribution in [2.75, 3.05) is 25.0 Å². The molecule has 0 aromatic carbocycles. The van der Waals surface area contributed by atoms with Crippen molar-refractivity contribution in [1.29, 1.82) is 0 Å². The second kappa shape index (κ2) is 11.5. The number of likely N-dealkylation sites (tertiary alicyclic amines) is 1. The van der Waals surface area contributed by atoms with Gasteiger partial charge in [0.2, 0.25) is 0 Å².